The molecule has 16 heterocycles. The van der Waals surface area contributed by atoms with Crippen LogP contribution in [0, 0.1) is 33.5 Å². The molecular weight excluding hydrogens is 1550 g/mol. The van der Waals surface area contributed by atoms with Gasteiger partial charge in [0.05, 0.1) is 27.6 Å². The van der Waals surface area contributed by atoms with Crippen molar-refractivity contribution in [1.29, 1.82) is 0 Å². The van der Waals surface area contributed by atoms with Crippen LogP contribution in [0.3, 0.4) is 0 Å². The van der Waals surface area contributed by atoms with Crippen molar-refractivity contribution in [3.8, 4) is 114 Å². The van der Waals surface area contributed by atoms with Gasteiger partial charge in [-0.3, -0.25) is 29.0 Å². The number of rotatable bonds is 10. The number of fused-ring (bicyclic) bond motifs is 5. The zero-order valence-corrected chi connectivity index (χ0v) is 66.8. The number of pyridine rings is 1. The standard InChI is InChI=1S/C17H13FN4OS.2C17H14N4OS.C16H13N5OS.C16H12N4OS/c1-9-7-10(18)3-4-11(9)12-8-24-14-13(12)20-15(21-17(14)23)16-19-5-6-22(16)2;1-10-4-3-5-11(8-10)12-9-23-14-13(12)19-15(20-17(14)22)16-18-6-7-21(16)2;1-10-5-3-4-6-11(10)12-9-23-14-13(12)19-15(20-17(14)22)16-18-7-8-21(16)2;1-9-3-4-10(7-18-9)11-8-23-13-12(11)19-14(20-16(13)22)15-17-5-6-21(15)2;1-20-8-7-17-15(20)14-18-12-11(10-5-3-2-4-6-10)9-22-13(12)16(21)19-14/h3-8H,1-2H3,(H,20,21,23);2*3-9H,1-2H3,(H,19,20,22);3-8H,1-2H3,(H,19,20,22);2-9H,1H3,(H,18,19,21). The van der Waals surface area contributed by atoms with Gasteiger partial charge in [0.1, 0.15) is 29.3 Å². The predicted molar refractivity (Wildman–Crippen MR) is 456 cm³/mol. The smallest absolute Gasteiger partial charge is 0.269 e. The molecular formula is C83H66FN21O5S5. The van der Waals surface area contributed by atoms with E-state index >= 15 is 0 Å². The molecule has 32 heteroatoms. The molecule has 0 spiro atoms. The van der Waals surface area contributed by atoms with Gasteiger partial charge < -0.3 is 47.8 Å². The van der Waals surface area contributed by atoms with Crippen LogP contribution in [0.2, 0.25) is 0 Å². The van der Waals surface area contributed by atoms with Gasteiger partial charge in [-0.2, -0.15) is 0 Å². The number of aromatic nitrogens is 21. The minimum Gasteiger partial charge on any atom is -0.331 e. The number of nitrogens with one attached hydrogen (secondary N) is 5. The van der Waals surface area contributed by atoms with Crippen LogP contribution >= 0.6 is 56.7 Å². The fourth-order valence-electron chi connectivity index (χ4n) is 13.0. The van der Waals surface area contributed by atoms with Crippen molar-refractivity contribution in [3.05, 3.63) is 284 Å². The lowest BCUT2D eigenvalue weighted by Crippen LogP contribution is -2.09. The monoisotopic (exact) mass is 1620 g/mol. The molecule has 115 heavy (non-hydrogen) atoms. The van der Waals surface area contributed by atoms with E-state index in [1.807, 2.05) is 186 Å². The first-order valence-electron chi connectivity index (χ1n) is 35.5. The van der Waals surface area contributed by atoms with Crippen molar-refractivity contribution in [2.24, 2.45) is 35.2 Å². The summed E-state index contributed by atoms with van der Waals surface area (Å²) in [5.41, 5.74) is 16.5. The first-order valence-corrected chi connectivity index (χ1v) is 39.9. The zero-order valence-electron chi connectivity index (χ0n) is 62.7. The van der Waals surface area contributed by atoms with Crippen LogP contribution in [0.1, 0.15) is 22.4 Å². The first-order chi connectivity index (χ1) is 55.7. The second-order valence-electron chi connectivity index (χ2n) is 26.7. The van der Waals surface area contributed by atoms with Gasteiger partial charge in [0.15, 0.2) is 58.2 Å². The number of aromatic amines is 5. The topological polar surface area (TPSA) is 331 Å². The lowest BCUT2D eigenvalue weighted by molar-refractivity contribution is 0.627. The molecule has 0 unspecified atom stereocenters. The molecule has 20 aromatic rings. The van der Waals surface area contributed by atoms with Crippen molar-refractivity contribution in [1.82, 2.24) is 103 Å². The van der Waals surface area contributed by atoms with E-state index in [2.05, 4.69) is 118 Å². The van der Waals surface area contributed by atoms with E-state index in [1.165, 1.54) is 74.4 Å². The van der Waals surface area contributed by atoms with Gasteiger partial charge in [0.25, 0.3) is 27.8 Å². The Morgan fingerprint density at radius 3 is 1.00 bits per heavy atom. The number of H-pyrrole nitrogens is 5. The molecule has 0 aliphatic heterocycles. The molecule has 4 aromatic carbocycles. The summed E-state index contributed by atoms with van der Waals surface area (Å²) in [5, 5.41) is 9.79. The van der Waals surface area contributed by atoms with Crippen molar-refractivity contribution >= 4 is 108 Å². The molecule has 0 aliphatic carbocycles. The van der Waals surface area contributed by atoms with Crippen molar-refractivity contribution in [2.75, 3.05) is 0 Å². The summed E-state index contributed by atoms with van der Waals surface area (Å²) in [6.45, 7) is 7.90. The molecule has 570 valence electrons. The van der Waals surface area contributed by atoms with Crippen LogP contribution in [0.15, 0.2) is 228 Å². The molecule has 0 atom stereocenters. The van der Waals surface area contributed by atoms with E-state index in [1.54, 1.807) is 54.0 Å². The fraction of sp³-hybridized carbons (Fsp3) is 0.108. The lowest BCUT2D eigenvalue weighted by atomic mass is 10.0. The summed E-state index contributed by atoms with van der Waals surface area (Å²) in [7, 11) is 9.33. The second-order valence-corrected chi connectivity index (χ2v) is 31.1. The van der Waals surface area contributed by atoms with Crippen LogP contribution in [0.5, 0.6) is 0 Å². The van der Waals surface area contributed by atoms with Crippen molar-refractivity contribution in [2.45, 2.75) is 27.7 Å². The zero-order chi connectivity index (χ0) is 79.9. The fourth-order valence-corrected chi connectivity index (χ4v) is 17.5. The Labute approximate surface area is 671 Å². The Bertz CT molecular complexity index is 7360. The third kappa shape index (κ3) is 15.1. The number of nitrogens with zero attached hydrogens (tertiary/aromatic N) is 16. The Morgan fingerprint density at radius 1 is 0.313 bits per heavy atom. The van der Waals surface area contributed by atoms with Gasteiger partial charge >= 0.3 is 0 Å². The van der Waals surface area contributed by atoms with Crippen LogP contribution < -0.4 is 27.8 Å². The van der Waals surface area contributed by atoms with Gasteiger partial charge in [-0.25, -0.2) is 54.2 Å². The summed E-state index contributed by atoms with van der Waals surface area (Å²) in [5.74, 6) is 5.21. The molecule has 26 nitrogen and oxygen atoms in total. The minimum absolute atomic E-state index is 0.127. The number of hydrogen-bond acceptors (Lipinski definition) is 21. The van der Waals surface area contributed by atoms with Gasteiger partial charge in [0, 0.05) is 169 Å². The molecule has 0 fully saturated rings. The maximum Gasteiger partial charge on any atom is 0.269 e. The third-order valence-electron chi connectivity index (χ3n) is 18.8. The van der Waals surface area contributed by atoms with E-state index < -0.39 is 0 Å². The van der Waals surface area contributed by atoms with Crippen LogP contribution in [0.4, 0.5) is 4.39 Å². The predicted octanol–water partition coefficient (Wildman–Crippen LogP) is 16.0. The Balaban J connectivity index is 0.000000108. The second kappa shape index (κ2) is 31.8. The van der Waals surface area contributed by atoms with Crippen molar-refractivity contribution < 1.29 is 4.39 Å². The average Bonchev–Trinajstić information content (AvgIpc) is 1.67. The van der Waals surface area contributed by atoms with Gasteiger partial charge in [0.2, 0.25) is 0 Å². The summed E-state index contributed by atoms with van der Waals surface area (Å²) in [6.07, 6.45) is 19.3. The Kier molecular flexibility index (Phi) is 20.8. The largest absolute Gasteiger partial charge is 0.331 e. The lowest BCUT2D eigenvalue weighted by Gasteiger charge is -2.06. The molecule has 0 saturated heterocycles. The molecule has 5 N–H and O–H groups in total. The molecule has 0 bridgehead atoms. The normalized spacial score (nSPS) is 11.2. The van der Waals surface area contributed by atoms with Gasteiger partial charge in [-0.05, 0) is 79.3 Å². The highest BCUT2D eigenvalue weighted by Crippen LogP contribution is 2.38. The summed E-state index contributed by atoms with van der Waals surface area (Å²) in [6, 6.07) is 34.8. The minimum atomic E-state index is -0.282. The van der Waals surface area contributed by atoms with E-state index in [-0.39, 0.29) is 33.6 Å². The summed E-state index contributed by atoms with van der Waals surface area (Å²) >= 11 is 6.97. The number of aryl methyl sites for hydroxylation is 9. The molecule has 0 amide bonds. The average molecular weight is 1620 g/mol. The van der Waals surface area contributed by atoms with Crippen LogP contribution in [-0.2, 0) is 35.2 Å². The highest BCUT2D eigenvalue weighted by molar-refractivity contribution is 7.19. The number of hydrogen-bond donors (Lipinski definition) is 5. The van der Waals surface area contributed by atoms with E-state index in [0.29, 0.717) is 92.8 Å². The highest BCUT2D eigenvalue weighted by Gasteiger charge is 2.22. The number of thiophene rings is 5. The number of halogens is 1. The van der Waals surface area contributed by atoms with Crippen molar-refractivity contribution in [3.63, 3.8) is 0 Å². The first kappa shape index (κ1) is 75.3. The SMILES string of the molecule is Cc1cc(F)ccc1-c1csc2c(=O)[nH]c(-c3nccn3C)nc12.Cc1ccc(-c2csc3c(=O)[nH]c(-c4nccn4C)nc23)cn1.Cc1cccc(-c2csc3c(=O)[nH]c(-c4nccn4C)nc23)c1.Cc1ccccc1-c1csc2c(=O)[nH]c(-c3nccn3C)nc12.Cn1ccnc1-c1nc2c(-c3ccccc3)csc2c(=O)[nH]1. The molecule has 16 aromatic heterocycles. The molecule has 20 rings (SSSR count). The quantitative estimate of drug-likeness (QED) is 0.0849. The molecule has 0 saturated carbocycles. The maximum absolute atomic E-state index is 13.4. The van der Waals surface area contributed by atoms with Gasteiger partial charge in [-0.1, -0.05) is 96.6 Å². The van der Waals surface area contributed by atoms with Crippen LogP contribution in [0.25, 0.3) is 165 Å². The number of imidazole rings is 5. The summed E-state index contributed by atoms with van der Waals surface area (Å²) < 4.78 is 25.6. The molecule has 0 aliphatic rings. The van der Waals surface area contributed by atoms with E-state index in [4.69, 9.17) is 0 Å². The maximum atomic E-state index is 13.4. The highest BCUT2D eigenvalue weighted by atomic mass is 32.1. The number of benzene rings is 4. The Morgan fingerprint density at radius 2 is 0.652 bits per heavy atom. The Hall–Kier alpha value is -13.8. The van der Waals surface area contributed by atoms with Crippen LogP contribution in [-0.4, -0.2) is 103 Å². The van der Waals surface area contributed by atoms with E-state index in [9.17, 15) is 28.4 Å². The van der Waals surface area contributed by atoms with Gasteiger partial charge in [-0.15, -0.1) is 56.7 Å². The third-order valence-corrected chi connectivity index (χ3v) is 23.7. The summed E-state index contributed by atoms with van der Waals surface area (Å²) in [4.78, 5) is 125. The molecule has 0 radical (unpaired) electrons. The van der Waals surface area contributed by atoms with E-state index in [0.717, 1.165) is 89.0 Å².